The van der Waals surface area contributed by atoms with Gasteiger partial charge in [-0.05, 0) is 43.3 Å². The Morgan fingerprint density at radius 2 is 1.85 bits per heavy atom. The fraction of sp³-hybridized carbons (Fsp3) is 0.125. The number of benzene rings is 2. The summed E-state index contributed by atoms with van der Waals surface area (Å²) in [6, 6.07) is 15.5. The summed E-state index contributed by atoms with van der Waals surface area (Å²) in [4.78, 5) is 12.2. The van der Waals surface area contributed by atoms with Gasteiger partial charge in [0.15, 0.2) is 6.10 Å². The van der Waals surface area contributed by atoms with Gasteiger partial charge >= 0.3 is 0 Å². The molecule has 0 unspecified atom stereocenters. The molecule has 0 amide bonds. The lowest BCUT2D eigenvalue weighted by atomic mass is 10.1. The smallest absolute Gasteiger partial charge is 0.202 e. The molecule has 1 atom stereocenters. The highest BCUT2D eigenvalue weighted by molar-refractivity contribution is 6.30. The molecule has 100 valence electrons. The van der Waals surface area contributed by atoms with Crippen LogP contribution in [0.25, 0.3) is 0 Å². The van der Waals surface area contributed by atoms with Crippen LogP contribution >= 0.6 is 11.6 Å². The van der Waals surface area contributed by atoms with Crippen molar-refractivity contribution in [3.8, 4) is 11.8 Å². The quantitative estimate of drug-likeness (QED) is 0.802. The Labute approximate surface area is 122 Å². The van der Waals surface area contributed by atoms with Crippen molar-refractivity contribution < 1.29 is 9.53 Å². The average molecular weight is 286 g/mol. The van der Waals surface area contributed by atoms with Gasteiger partial charge in [-0.25, -0.2) is 0 Å². The Kier molecular flexibility index (Phi) is 4.39. The van der Waals surface area contributed by atoms with Crippen LogP contribution in [0.3, 0.4) is 0 Å². The van der Waals surface area contributed by atoms with Crippen molar-refractivity contribution in [3.05, 3.63) is 64.7 Å². The van der Waals surface area contributed by atoms with Gasteiger partial charge in [-0.15, -0.1) is 0 Å². The largest absolute Gasteiger partial charge is 0.481 e. The summed E-state index contributed by atoms with van der Waals surface area (Å²) < 4.78 is 5.58. The molecule has 0 bridgehead atoms. The average Bonchev–Trinajstić information content (AvgIpc) is 2.48. The first-order valence-electron chi connectivity index (χ1n) is 6.07. The number of Topliss-reactive ketones (excluding diaryl/α,β-unsaturated/α-hetero) is 1. The number of ether oxygens (including phenoxy) is 1. The molecule has 2 rings (SSSR count). The zero-order valence-corrected chi connectivity index (χ0v) is 11.6. The monoisotopic (exact) mass is 285 g/mol. The van der Waals surface area contributed by atoms with E-state index in [1.807, 2.05) is 6.07 Å². The second kappa shape index (κ2) is 6.23. The molecular weight excluding hydrogens is 274 g/mol. The number of hydrogen-bond donors (Lipinski definition) is 0. The number of nitrogens with zero attached hydrogens (tertiary/aromatic N) is 1. The zero-order chi connectivity index (χ0) is 14.5. The first-order valence-corrected chi connectivity index (χ1v) is 6.45. The van der Waals surface area contributed by atoms with Gasteiger partial charge in [0, 0.05) is 10.6 Å². The molecule has 4 heteroatoms. The van der Waals surface area contributed by atoms with Gasteiger partial charge in [0.2, 0.25) is 5.78 Å². The number of ketones is 1. The summed E-state index contributed by atoms with van der Waals surface area (Å²) in [6.07, 6.45) is -0.675. The van der Waals surface area contributed by atoms with Crippen LogP contribution in [-0.4, -0.2) is 11.9 Å². The first kappa shape index (κ1) is 14.1. The lowest BCUT2D eigenvalue weighted by Gasteiger charge is -2.14. The van der Waals surface area contributed by atoms with Crippen LogP contribution < -0.4 is 4.74 Å². The van der Waals surface area contributed by atoms with Gasteiger partial charge in [0.25, 0.3) is 0 Å². The van der Waals surface area contributed by atoms with Crippen molar-refractivity contribution in [1.29, 1.82) is 5.26 Å². The predicted octanol–water partition coefficient (Wildman–Crippen LogP) is 3.86. The lowest BCUT2D eigenvalue weighted by Crippen LogP contribution is -2.24. The molecule has 0 N–H and O–H groups in total. The van der Waals surface area contributed by atoms with E-state index in [0.29, 0.717) is 21.9 Å². The van der Waals surface area contributed by atoms with Crippen LogP contribution in [-0.2, 0) is 0 Å². The van der Waals surface area contributed by atoms with Gasteiger partial charge in [0.05, 0.1) is 5.56 Å². The maximum Gasteiger partial charge on any atom is 0.202 e. The van der Waals surface area contributed by atoms with Crippen LogP contribution in [0.4, 0.5) is 0 Å². The van der Waals surface area contributed by atoms with Crippen molar-refractivity contribution in [3.63, 3.8) is 0 Å². The normalized spacial score (nSPS) is 11.4. The van der Waals surface area contributed by atoms with Crippen molar-refractivity contribution in [1.82, 2.24) is 0 Å². The Morgan fingerprint density at radius 1 is 1.20 bits per heavy atom. The Hall–Kier alpha value is -2.31. The van der Waals surface area contributed by atoms with E-state index in [9.17, 15) is 4.79 Å². The number of rotatable bonds is 4. The Morgan fingerprint density at radius 3 is 2.50 bits per heavy atom. The summed E-state index contributed by atoms with van der Waals surface area (Å²) in [7, 11) is 0. The molecule has 0 fully saturated rings. The molecule has 0 spiro atoms. The minimum Gasteiger partial charge on any atom is -0.481 e. The van der Waals surface area contributed by atoms with Crippen LogP contribution in [0.1, 0.15) is 22.8 Å². The minimum atomic E-state index is -0.675. The van der Waals surface area contributed by atoms with Crippen LogP contribution in [0, 0.1) is 11.3 Å². The molecule has 2 aromatic rings. The van der Waals surface area contributed by atoms with Crippen LogP contribution in [0.15, 0.2) is 48.5 Å². The fourth-order valence-electron chi connectivity index (χ4n) is 1.75. The van der Waals surface area contributed by atoms with Gasteiger partial charge in [-0.2, -0.15) is 5.26 Å². The summed E-state index contributed by atoms with van der Waals surface area (Å²) in [6.45, 7) is 1.66. The van der Waals surface area contributed by atoms with E-state index < -0.39 is 6.10 Å². The molecule has 0 aliphatic rings. The van der Waals surface area contributed by atoms with E-state index in [2.05, 4.69) is 0 Å². The third kappa shape index (κ3) is 3.17. The highest BCUT2D eigenvalue weighted by Crippen LogP contribution is 2.20. The number of nitriles is 1. The fourth-order valence-corrected chi connectivity index (χ4v) is 1.88. The first-order chi connectivity index (χ1) is 9.61. The molecule has 0 radical (unpaired) electrons. The predicted molar refractivity (Wildman–Crippen MR) is 77.0 cm³/mol. The van der Waals surface area contributed by atoms with Gasteiger partial charge in [-0.1, -0.05) is 23.7 Å². The van der Waals surface area contributed by atoms with E-state index in [0.717, 1.165) is 0 Å². The molecule has 2 aromatic carbocycles. The zero-order valence-electron chi connectivity index (χ0n) is 10.8. The number of hydrogen-bond acceptors (Lipinski definition) is 3. The summed E-state index contributed by atoms with van der Waals surface area (Å²) >= 11 is 5.79. The summed E-state index contributed by atoms with van der Waals surface area (Å²) in [5.74, 6) is 0.249. The van der Waals surface area contributed by atoms with Crippen LogP contribution in [0.5, 0.6) is 5.75 Å². The highest BCUT2D eigenvalue weighted by atomic mass is 35.5. The molecule has 3 nitrogen and oxygen atoms in total. The van der Waals surface area contributed by atoms with Crippen molar-refractivity contribution in [2.45, 2.75) is 13.0 Å². The minimum absolute atomic E-state index is 0.158. The molecule has 0 heterocycles. The van der Waals surface area contributed by atoms with Gasteiger partial charge < -0.3 is 4.74 Å². The second-order valence-electron chi connectivity index (χ2n) is 4.24. The molecular formula is C16H12ClNO2. The molecule has 0 aliphatic heterocycles. The Balaban J connectivity index is 2.16. The van der Waals surface area contributed by atoms with Crippen molar-refractivity contribution in [2.24, 2.45) is 0 Å². The van der Waals surface area contributed by atoms with E-state index >= 15 is 0 Å². The van der Waals surface area contributed by atoms with E-state index in [1.54, 1.807) is 55.5 Å². The van der Waals surface area contributed by atoms with E-state index in [4.69, 9.17) is 21.6 Å². The number of carbonyl (C=O) groups excluding carboxylic acids is 1. The molecule has 20 heavy (non-hydrogen) atoms. The molecule has 0 saturated carbocycles. The highest BCUT2D eigenvalue weighted by Gasteiger charge is 2.18. The van der Waals surface area contributed by atoms with Crippen molar-refractivity contribution in [2.75, 3.05) is 0 Å². The third-order valence-corrected chi connectivity index (χ3v) is 3.06. The maximum absolute atomic E-state index is 12.2. The maximum atomic E-state index is 12.2. The van der Waals surface area contributed by atoms with E-state index in [1.165, 1.54) is 0 Å². The van der Waals surface area contributed by atoms with Crippen molar-refractivity contribution >= 4 is 17.4 Å². The summed E-state index contributed by atoms with van der Waals surface area (Å²) in [5.41, 5.74) is 0.930. The third-order valence-electron chi connectivity index (χ3n) is 2.81. The summed E-state index contributed by atoms with van der Waals surface area (Å²) in [5, 5.41) is 9.56. The van der Waals surface area contributed by atoms with Crippen LogP contribution in [0.2, 0.25) is 5.02 Å². The molecule has 0 aromatic heterocycles. The van der Waals surface area contributed by atoms with Gasteiger partial charge in [0.1, 0.15) is 11.8 Å². The Bertz CT molecular complexity index is 659. The van der Waals surface area contributed by atoms with Gasteiger partial charge in [-0.3, -0.25) is 4.79 Å². The standard InChI is InChI=1S/C16H12ClNO2/c1-11(16(19)12-6-8-14(17)9-7-12)20-15-5-3-2-4-13(15)10-18/h2-9,11H,1H3/t11-/m0/s1. The number of para-hydroxylation sites is 1. The lowest BCUT2D eigenvalue weighted by molar-refractivity contribution is 0.0818. The molecule has 0 saturated heterocycles. The SMILES string of the molecule is C[C@H](Oc1ccccc1C#N)C(=O)c1ccc(Cl)cc1. The number of carbonyl (C=O) groups is 1. The number of halogens is 1. The second-order valence-corrected chi connectivity index (χ2v) is 4.68. The van der Waals surface area contributed by atoms with E-state index in [-0.39, 0.29) is 5.78 Å². The molecule has 0 aliphatic carbocycles. The topological polar surface area (TPSA) is 50.1 Å².